The van der Waals surface area contributed by atoms with Crippen LogP contribution in [0.15, 0.2) is 0 Å². The molecule has 1 aromatic heterocycles. The van der Waals surface area contributed by atoms with Crippen molar-refractivity contribution in [1.29, 1.82) is 0 Å². The van der Waals surface area contributed by atoms with Crippen LogP contribution in [0.2, 0.25) is 0 Å². The highest BCUT2D eigenvalue weighted by Crippen LogP contribution is 2.20. The first-order chi connectivity index (χ1) is 7.94. The Morgan fingerprint density at radius 3 is 2.59 bits per heavy atom. The molecule has 0 unspecified atom stereocenters. The number of nitrogen functional groups attached to an aromatic ring is 1. The third kappa shape index (κ3) is 5.26. The molecule has 4 N–H and O–H groups in total. The maximum Gasteiger partial charge on any atom is 0.401 e. The van der Waals surface area contributed by atoms with Gasteiger partial charge in [0, 0.05) is 6.54 Å². The molecule has 17 heavy (non-hydrogen) atoms. The Hall–Kier alpha value is -0.970. The van der Waals surface area contributed by atoms with Crippen LogP contribution < -0.4 is 11.3 Å². The Balaban J connectivity index is 2.59. The first-order valence-corrected chi connectivity index (χ1v) is 5.45. The molecule has 1 heterocycles. The summed E-state index contributed by atoms with van der Waals surface area (Å²) in [5, 5.41) is 16.7. The van der Waals surface area contributed by atoms with Crippen LogP contribution in [0.3, 0.4) is 0 Å². The average molecular weight is 271 g/mol. The van der Waals surface area contributed by atoms with Gasteiger partial charge in [0.1, 0.15) is 5.01 Å². The third-order valence-electron chi connectivity index (χ3n) is 1.77. The molecule has 1 rings (SSSR count). The van der Waals surface area contributed by atoms with E-state index in [1.54, 1.807) is 0 Å². The van der Waals surface area contributed by atoms with Crippen molar-refractivity contribution in [3.05, 3.63) is 5.01 Å². The second-order valence-electron chi connectivity index (χ2n) is 3.19. The zero-order chi connectivity index (χ0) is 12.9. The summed E-state index contributed by atoms with van der Waals surface area (Å²) in [7, 11) is 0. The van der Waals surface area contributed by atoms with Crippen LogP contribution >= 0.6 is 11.3 Å². The highest BCUT2D eigenvalue weighted by Gasteiger charge is 2.30. The van der Waals surface area contributed by atoms with Crippen LogP contribution in [0, 0.1) is 0 Å². The van der Waals surface area contributed by atoms with Gasteiger partial charge in [-0.15, -0.1) is 10.2 Å². The minimum Gasteiger partial charge on any atom is -0.395 e. The van der Waals surface area contributed by atoms with E-state index >= 15 is 0 Å². The molecule has 6 nitrogen and oxygen atoms in total. The van der Waals surface area contributed by atoms with E-state index in [-0.39, 0.29) is 19.7 Å². The second kappa shape index (κ2) is 6.10. The topological polar surface area (TPSA) is 87.3 Å². The van der Waals surface area contributed by atoms with Crippen molar-refractivity contribution in [2.24, 2.45) is 5.84 Å². The fourth-order valence-electron chi connectivity index (χ4n) is 1.18. The number of rotatable bonds is 6. The number of hydrogen-bond donors (Lipinski definition) is 3. The molecule has 0 fully saturated rings. The molecule has 10 heteroatoms. The summed E-state index contributed by atoms with van der Waals surface area (Å²) in [5.74, 6) is 5.08. The Bertz CT molecular complexity index is 344. The zero-order valence-electron chi connectivity index (χ0n) is 8.74. The summed E-state index contributed by atoms with van der Waals surface area (Å²) in [5.41, 5.74) is 2.26. The van der Waals surface area contributed by atoms with Crippen molar-refractivity contribution in [3.63, 3.8) is 0 Å². The number of anilines is 1. The lowest BCUT2D eigenvalue weighted by molar-refractivity contribution is -0.148. The SMILES string of the molecule is NNc1nnc(CN(CCO)CC(F)(F)F)s1. The van der Waals surface area contributed by atoms with Crippen LogP contribution in [0.5, 0.6) is 0 Å². The van der Waals surface area contributed by atoms with Gasteiger partial charge in [0.05, 0.1) is 19.7 Å². The van der Waals surface area contributed by atoms with Gasteiger partial charge in [-0.2, -0.15) is 13.2 Å². The lowest BCUT2D eigenvalue weighted by Crippen LogP contribution is -2.35. The maximum atomic E-state index is 12.2. The van der Waals surface area contributed by atoms with Crippen molar-refractivity contribution in [3.8, 4) is 0 Å². The number of hydrazine groups is 1. The van der Waals surface area contributed by atoms with E-state index in [2.05, 4.69) is 15.6 Å². The summed E-state index contributed by atoms with van der Waals surface area (Å²) < 4.78 is 36.6. The lowest BCUT2D eigenvalue weighted by atomic mass is 10.4. The monoisotopic (exact) mass is 271 g/mol. The molecule has 0 amide bonds. The van der Waals surface area contributed by atoms with Crippen molar-refractivity contribution in [2.45, 2.75) is 12.7 Å². The Kier molecular flexibility index (Phi) is 5.05. The normalized spacial score (nSPS) is 12.1. The molecule has 0 aliphatic heterocycles. The third-order valence-corrected chi connectivity index (χ3v) is 2.61. The summed E-state index contributed by atoms with van der Waals surface area (Å²) in [6.07, 6.45) is -4.31. The van der Waals surface area contributed by atoms with Crippen LogP contribution in [0.1, 0.15) is 5.01 Å². The summed E-state index contributed by atoms with van der Waals surface area (Å²) in [6, 6.07) is 0. The molecule has 98 valence electrons. The first-order valence-electron chi connectivity index (χ1n) is 4.63. The van der Waals surface area contributed by atoms with Crippen LogP contribution in [0.4, 0.5) is 18.3 Å². The molecule has 0 saturated carbocycles. The van der Waals surface area contributed by atoms with Crippen molar-refractivity contribution < 1.29 is 18.3 Å². The number of aromatic nitrogens is 2. The molecule has 1 aromatic rings. The van der Waals surface area contributed by atoms with E-state index in [0.717, 1.165) is 16.2 Å². The van der Waals surface area contributed by atoms with Crippen molar-refractivity contribution in [2.75, 3.05) is 25.1 Å². The molecule has 0 aromatic carbocycles. The van der Waals surface area contributed by atoms with E-state index in [1.165, 1.54) is 0 Å². The summed E-state index contributed by atoms with van der Waals surface area (Å²) in [4.78, 5) is 1.04. The van der Waals surface area contributed by atoms with Gasteiger partial charge in [0.15, 0.2) is 0 Å². The molecule has 0 aliphatic carbocycles. The lowest BCUT2D eigenvalue weighted by Gasteiger charge is -2.21. The van der Waals surface area contributed by atoms with Gasteiger partial charge in [-0.1, -0.05) is 11.3 Å². The van der Waals surface area contributed by atoms with Crippen molar-refractivity contribution in [1.82, 2.24) is 15.1 Å². The number of nitrogens with two attached hydrogens (primary N) is 1. The quantitative estimate of drug-likeness (QED) is 0.505. The number of hydrogen-bond acceptors (Lipinski definition) is 7. The second-order valence-corrected chi connectivity index (χ2v) is 4.26. The summed E-state index contributed by atoms with van der Waals surface area (Å²) >= 11 is 1.06. The van der Waals surface area contributed by atoms with E-state index in [1.807, 2.05) is 0 Å². The van der Waals surface area contributed by atoms with E-state index < -0.39 is 12.7 Å². The average Bonchev–Trinajstić information content (AvgIpc) is 2.63. The molecule has 0 spiro atoms. The fraction of sp³-hybridized carbons (Fsp3) is 0.714. The standard InChI is InChI=1S/C7H12F3N5OS/c8-7(9,10)4-15(1-2-16)3-5-13-14-6(12-11)17-5/h16H,1-4,11H2,(H,12,14). The molecule has 0 aliphatic rings. The molecule has 0 saturated heterocycles. The van der Waals surface area contributed by atoms with Gasteiger partial charge in [-0.25, -0.2) is 5.84 Å². The molecular formula is C7H12F3N5OS. The minimum absolute atomic E-state index is 0.0284. The number of aliphatic hydroxyl groups is 1. The van der Waals surface area contributed by atoms with Gasteiger partial charge in [0.2, 0.25) is 5.13 Å². The number of nitrogens with zero attached hydrogens (tertiary/aromatic N) is 3. The molecule has 0 bridgehead atoms. The maximum absolute atomic E-state index is 12.2. The first kappa shape index (κ1) is 14.1. The van der Waals surface area contributed by atoms with E-state index in [9.17, 15) is 13.2 Å². The predicted octanol–water partition coefficient (Wildman–Crippen LogP) is 0.180. The van der Waals surface area contributed by atoms with Gasteiger partial charge in [0.25, 0.3) is 0 Å². The van der Waals surface area contributed by atoms with Crippen LogP contribution in [-0.4, -0.2) is 46.1 Å². The highest BCUT2D eigenvalue weighted by atomic mass is 32.1. The number of nitrogens with one attached hydrogen (secondary N) is 1. The number of aliphatic hydroxyl groups excluding tert-OH is 1. The van der Waals surface area contributed by atoms with E-state index in [4.69, 9.17) is 10.9 Å². The zero-order valence-corrected chi connectivity index (χ0v) is 9.55. The fourth-order valence-corrected chi connectivity index (χ4v) is 1.87. The van der Waals surface area contributed by atoms with Gasteiger partial charge >= 0.3 is 6.18 Å². The summed E-state index contributed by atoms with van der Waals surface area (Å²) in [6.45, 7) is -1.56. The molecule has 0 radical (unpaired) electrons. The largest absolute Gasteiger partial charge is 0.401 e. The smallest absolute Gasteiger partial charge is 0.395 e. The number of halogens is 3. The van der Waals surface area contributed by atoms with Crippen molar-refractivity contribution >= 4 is 16.5 Å². The van der Waals surface area contributed by atoms with E-state index in [0.29, 0.717) is 10.1 Å². The Labute approximate surface area is 99.2 Å². The molecular weight excluding hydrogens is 259 g/mol. The van der Waals surface area contributed by atoms with Gasteiger partial charge in [-0.3, -0.25) is 10.3 Å². The minimum atomic E-state index is -4.31. The Morgan fingerprint density at radius 2 is 2.12 bits per heavy atom. The van der Waals surface area contributed by atoms with Gasteiger partial charge in [-0.05, 0) is 0 Å². The molecule has 0 atom stereocenters. The van der Waals surface area contributed by atoms with Crippen LogP contribution in [0.25, 0.3) is 0 Å². The predicted molar refractivity (Wildman–Crippen MR) is 56.1 cm³/mol. The highest BCUT2D eigenvalue weighted by molar-refractivity contribution is 7.15. The Morgan fingerprint density at radius 1 is 1.41 bits per heavy atom. The van der Waals surface area contributed by atoms with Crippen LogP contribution in [-0.2, 0) is 6.54 Å². The number of alkyl halides is 3. The van der Waals surface area contributed by atoms with Gasteiger partial charge < -0.3 is 5.11 Å².